The van der Waals surface area contributed by atoms with Crippen LogP contribution in [0.2, 0.25) is 0 Å². The number of rotatable bonds is 5. The van der Waals surface area contributed by atoms with Crippen LogP contribution in [0, 0.1) is 0 Å². The van der Waals surface area contributed by atoms with Crippen LogP contribution >= 0.6 is 0 Å². The Morgan fingerprint density at radius 3 is 2.45 bits per heavy atom. The number of hydrogen-bond donors (Lipinski definition) is 1. The number of benzene rings is 1. The molecule has 0 fully saturated rings. The van der Waals surface area contributed by atoms with Crippen molar-refractivity contribution in [3.63, 3.8) is 0 Å². The monoisotopic (exact) mass is 269 g/mol. The fourth-order valence-corrected chi connectivity index (χ4v) is 2.30. The molecular formula is C18H25N2+. The minimum Gasteiger partial charge on any atom is -0.375 e. The Labute approximate surface area is 122 Å². The molecule has 1 atom stereocenters. The van der Waals surface area contributed by atoms with Gasteiger partial charge in [-0.15, -0.1) is 0 Å². The Morgan fingerprint density at radius 2 is 1.90 bits per heavy atom. The van der Waals surface area contributed by atoms with Gasteiger partial charge >= 0.3 is 0 Å². The first-order valence-electron chi connectivity index (χ1n) is 7.39. The number of anilines is 1. The van der Waals surface area contributed by atoms with Crippen LogP contribution in [-0.2, 0) is 0 Å². The summed E-state index contributed by atoms with van der Waals surface area (Å²) in [5, 5.41) is 0. The molecule has 1 aliphatic rings. The molecule has 1 aromatic carbocycles. The zero-order valence-corrected chi connectivity index (χ0v) is 13.0. The quantitative estimate of drug-likeness (QED) is 0.863. The van der Waals surface area contributed by atoms with Crippen molar-refractivity contribution >= 4 is 11.8 Å². The lowest BCUT2D eigenvalue weighted by molar-refractivity contribution is -0.785. The SMILES string of the molecule is CCN(C)c1ccc(/C=C(\C)C2=C[NH+](CC)C=C2)cc1. The fraction of sp³-hybridized carbons (Fsp3) is 0.333. The molecule has 106 valence electrons. The molecule has 1 N–H and O–H groups in total. The van der Waals surface area contributed by atoms with Crippen LogP contribution in [0.4, 0.5) is 5.69 Å². The van der Waals surface area contributed by atoms with Gasteiger partial charge < -0.3 is 4.90 Å². The average Bonchev–Trinajstić information content (AvgIpc) is 2.96. The van der Waals surface area contributed by atoms with Gasteiger partial charge in [-0.2, -0.15) is 0 Å². The summed E-state index contributed by atoms with van der Waals surface area (Å²) >= 11 is 0. The van der Waals surface area contributed by atoms with Crippen molar-refractivity contribution < 1.29 is 4.90 Å². The molecule has 2 nitrogen and oxygen atoms in total. The molecule has 0 saturated carbocycles. The van der Waals surface area contributed by atoms with Crippen molar-refractivity contribution in [1.29, 1.82) is 0 Å². The maximum absolute atomic E-state index is 2.28. The van der Waals surface area contributed by atoms with E-state index in [4.69, 9.17) is 0 Å². The number of allylic oxidation sites excluding steroid dienone is 3. The smallest absolute Gasteiger partial charge is 0.107 e. The minimum absolute atomic E-state index is 1.03. The van der Waals surface area contributed by atoms with Crippen LogP contribution in [0.5, 0.6) is 0 Å². The van der Waals surface area contributed by atoms with E-state index < -0.39 is 0 Å². The first kappa shape index (κ1) is 14.6. The second kappa shape index (κ2) is 6.58. The Balaban J connectivity index is 2.13. The lowest BCUT2D eigenvalue weighted by Gasteiger charge is -2.16. The molecule has 1 heterocycles. The molecule has 1 unspecified atom stereocenters. The largest absolute Gasteiger partial charge is 0.375 e. The van der Waals surface area contributed by atoms with E-state index in [1.165, 1.54) is 27.3 Å². The number of nitrogens with one attached hydrogen (secondary N) is 1. The molecule has 20 heavy (non-hydrogen) atoms. The maximum atomic E-state index is 2.28. The molecule has 0 aromatic heterocycles. The van der Waals surface area contributed by atoms with Gasteiger partial charge in [0.25, 0.3) is 0 Å². The molecule has 0 bridgehead atoms. The number of quaternary nitrogens is 1. The molecule has 1 aromatic rings. The zero-order valence-electron chi connectivity index (χ0n) is 13.0. The van der Waals surface area contributed by atoms with Crippen molar-refractivity contribution in [3.8, 4) is 0 Å². The van der Waals surface area contributed by atoms with E-state index in [9.17, 15) is 0 Å². The Hall–Kier alpha value is -1.80. The highest BCUT2D eigenvalue weighted by Crippen LogP contribution is 2.19. The molecule has 0 saturated heterocycles. The highest BCUT2D eigenvalue weighted by atomic mass is 15.1. The standard InChI is InChI=1S/C18H24N2/c1-5-19(4)18-9-7-16(8-10-18)13-15(3)17-11-12-20(6-2)14-17/h7-14H,5-6H2,1-4H3/p+1/b15-13+. The molecule has 0 radical (unpaired) electrons. The topological polar surface area (TPSA) is 7.68 Å². The van der Waals surface area contributed by atoms with Crippen molar-refractivity contribution in [2.45, 2.75) is 20.8 Å². The highest BCUT2D eigenvalue weighted by Gasteiger charge is 2.10. The highest BCUT2D eigenvalue weighted by molar-refractivity contribution is 5.62. The van der Waals surface area contributed by atoms with Crippen molar-refractivity contribution in [3.05, 3.63) is 59.5 Å². The summed E-state index contributed by atoms with van der Waals surface area (Å²) in [7, 11) is 2.12. The van der Waals surface area contributed by atoms with E-state index in [0.717, 1.165) is 13.1 Å². The first-order chi connectivity index (χ1) is 9.63. The maximum Gasteiger partial charge on any atom is 0.107 e. The van der Waals surface area contributed by atoms with E-state index >= 15 is 0 Å². The van der Waals surface area contributed by atoms with E-state index in [1.54, 1.807) is 0 Å². The van der Waals surface area contributed by atoms with E-state index in [1.807, 2.05) is 0 Å². The van der Waals surface area contributed by atoms with Gasteiger partial charge in [0.05, 0.1) is 12.7 Å². The summed E-state index contributed by atoms with van der Waals surface area (Å²) in [5.74, 6) is 0. The summed E-state index contributed by atoms with van der Waals surface area (Å²) in [4.78, 5) is 3.65. The molecule has 2 rings (SSSR count). The van der Waals surface area contributed by atoms with Gasteiger partial charge in [0.1, 0.15) is 6.20 Å². The van der Waals surface area contributed by atoms with Gasteiger partial charge in [-0.3, -0.25) is 4.90 Å². The van der Waals surface area contributed by atoms with Crippen LogP contribution in [0.3, 0.4) is 0 Å². The molecule has 1 aliphatic heterocycles. The van der Waals surface area contributed by atoms with Crippen LogP contribution in [-0.4, -0.2) is 20.1 Å². The van der Waals surface area contributed by atoms with Crippen LogP contribution in [0.25, 0.3) is 6.08 Å². The summed E-state index contributed by atoms with van der Waals surface area (Å²) in [6, 6.07) is 8.75. The third-order valence-corrected chi connectivity index (χ3v) is 3.87. The number of hydrogen-bond acceptors (Lipinski definition) is 1. The van der Waals surface area contributed by atoms with E-state index in [-0.39, 0.29) is 0 Å². The Morgan fingerprint density at radius 1 is 1.20 bits per heavy atom. The lowest BCUT2D eigenvalue weighted by Crippen LogP contribution is -3.01. The third kappa shape index (κ3) is 3.40. The Bertz CT molecular complexity index is 535. The fourth-order valence-electron chi connectivity index (χ4n) is 2.30. The number of nitrogens with zero attached hydrogens (tertiary/aromatic N) is 1. The minimum atomic E-state index is 1.03. The second-order valence-corrected chi connectivity index (χ2v) is 5.29. The lowest BCUT2D eigenvalue weighted by atomic mass is 10.1. The zero-order chi connectivity index (χ0) is 14.5. The first-order valence-corrected chi connectivity index (χ1v) is 7.39. The molecule has 0 aliphatic carbocycles. The summed E-state index contributed by atoms with van der Waals surface area (Å²) in [6.45, 7) is 8.67. The van der Waals surface area contributed by atoms with Crippen LogP contribution in [0.15, 0.2) is 53.9 Å². The molecule has 2 heteroatoms. The van der Waals surface area contributed by atoms with Crippen molar-refractivity contribution in [1.82, 2.24) is 0 Å². The third-order valence-electron chi connectivity index (χ3n) is 3.87. The molecular weight excluding hydrogens is 244 g/mol. The van der Waals surface area contributed by atoms with Gasteiger partial charge in [0.15, 0.2) is 0 Å². The van der Waals surface area contributed by atoms with Gasteiger partial charge in [-0.05, 0) is 44.0 Å². The van der Waals surface area contributed by atoms with Crippen molar-refractivity contribution in [2.24, 2.45) is 0 Å². The van der Waals surface area contributed by atoms with E-state index in [2.05, 4.69) is 81.5 Å². The normalized spacial score (nSPS) is 18.3. The van der Waals surface area contributed by atoms with Crippen molar-refractivity contribution in [2.75, 3.05) is 25.0 Å². The molecule has 0 amide bonds. The van der Waals surface area contributed by atoms with Gasteiger partial charge in [-0.25, -0.2) is 0 Å². The predicted molar refractivity (Wildman–Crippen MR) is 87.8 cm³/mol. The Kier molecular flexibility index (Phi) is 4.80. The average molecular weight is 269 g/mol. The summed E-state index contributed by atoms with van der Waals surface area (Å²) in [6.07, 6.45) is 8.96. The van der Waals surface area contributed by atoms with Gasteiger partial charge in [0.2, 0.25) is 0 Å². The summed E-state index contributed by atoms with van der Waals surface area (Å²) < 4.78 is 0. The van der Waals surface area contributed by atoms with Gasteiger partial charge in [0, 0.05) is 30.9 Å². The van der Waals surface area contributed by atoms with Gasteiger partial charge in [-0.1, -0.05) is 18.2 Å². The van der Waals surface area contributed by atoms with Crippen LogP contribution in [0.1, 0.15) is 26.3 Å². The molecule has 0 spiro atoms. The predicted octanol–water partition coefficient (Wildman–Crippen LogP) is 2.86. The summed E-state index contributed by atoms with van der Waals surface area (Å²) in [5.41, 5.74) is 5.18. The second-order valence-electron chi connectivity index (χ2n) is 5.29. The van der Waals surface area contributed by atoms with E-state index in [0.29, 0.717) is 0 Å². The van der Waals surface area contributed by atoms with Crippen LogP contribution < -0.4 is 9.80 Å².